The van der Waals surface area contributed by atoms with Crippen LogP contribution in [0.3, 0.4) is 0 Å². The summed E-state index contributed by atoms with van der Waals surface area (Å²) in [6.45, 7) is 17.6. The number of hydrogen-bond acceptors (Lipinski definition) is 5. The van der Waals surface area contributed by atoms with Gasteiger partial charge < -0.3 is 9.15 Å². The average molecular weight is 560 g/mol. The summed E-state index contributed by atoms with van der Waals surface area (Å²) < 4.78 is 11.6. The standard InChI is InChI=1S/C36H49NO4/c1-8-11-16-33-34(31-24-28(17-18-32(31)41-33)36(39)40-25(4)5)35(38)29-22-26(6)30(27(7)23-29)15-14-21-37(19-12-9-2)20-13-10-3/h14-15,17-18,22-25H,8-13,16,19-21H2,1-7H3/b15-14+. The highest BCUT2D eigenvalue weighted by molar-refractivity contribution is 6.17. The molecule has 0 amide bonds. The van der Waals surface area contributed by atoms with E-state index in [1.54, 1.807) is 18.2 Å². The van der Waals surface area contributed by atoms with Crippen LogP contribution in [-0.2, 0) is 11.2 Å². The number of carbonyl (C=O) groups is 2. The van der Waals surface area contributed by atoms with E-state index >= 15 is 0 Å². The van der Waals surface area contributed by atoms with Crippen LogP contribution in [0.5, 0.6) is 0 Å². The smallest absolute Gasteiger partial charge is 0.338 e. The Morgan fingerprint density at radius 3 is 2.12 bits per heavy atom. The first-order valence-electron chi connectivity index (χ1n) is 15.5. The lowest BCUT2D eigenvalue weighted by atomic mass is 9.92. The van der Waals surface area contributed by atoms with Gasteiger partial charge in [-0.2, -0.15) is 0 Å². The molecule has 1 aromatic heterocycles. The molecule has 0 fully saturated rings. The van der Waals surface area contributed by atoms with Gasteiger partial charge in [-0.05, 0) is 107 Å². The third-order valence-corrected chi connectivity index (χ3v) is 7.48. The SMILES string of the molecule is CCCCc1oc2ccc(C(=O)OC(C)C)cc2c1C(=O)c1cc(C)c(/C=C/CN(CCCC)CCCC)c(C)c1. The number of hydrogen-bond donors (Lipinski definition) is 0. The average Bonchev–Trinajstić information content (AvgIpc) is 3.30. The van der Waals surface area contributed by atoms with Crippen LogP contribution in [-0.4, -0.2) is 42.4 Å². The summed E-state index contributed by atoms with van der Waals surface area (Å²) >= 11 is 0. The van der Waals surface area contributed by atoms with Crippen molar-refractivity contribution in [3.63, 3.8) is 0 Å². The van der Waals surface area contributed by atoms with Crippen molar-refractivity contribution in [3.8, 4) is 0 Å². The van der Waals surface area contributed by atoms with E-state index in [1.807, 2.05) is 26.0 Å². The first-order chi connectivity index (χ1) is 19.7. The minimum atomic E-state index is -0.401. The Balaban J connectivity index is 1.94. The molecule has 0 saturated carbocycles. The number of esters is 1. The molecule has 0 radical (unpaired) electrons. The lowest BCUT2D eigenvalue weighted by Crippen LogP contribution is -2.26. The Kier molecular flexibility index (Phi) is 12.4. The Morgan fingerprint density at radius 1 is 0.902 bits per heavy atom. The third kappa shape index (κ3) is 8.65. The molecule has 0 N–H and O–H groups in total. The van der Waals surface area contributed by atoms with E-state index in [-0.39, 0.29) is 11.9 Å². The van der Waals surface area contributed by atoms with E-state index in [4.69, 9.17) is 9.15 Å². The maximum atomic E-state index is 14.1. The van der Waals surface area contributed by atoms with Gasteiger partial charge in [0.2, 0.25) is 0 Å². The number of rotatable bonds is 16. The molecular weight excluding hydrogens is 510 g/mol. The van der Waals surface area contributed by atoms with Gasteiger partial charge in [0.25, 0.3) is 0 Å². The van der Waals surface area contributed by atoms with E-state index in [9.17, 15) is 9.59 Å². The van der Waals surface area contributed by atoms with Crippen molar-refractivity contribution in [2.24, 2.45) is 0 Å². The number of ketones is 1. The normalized spacial score (nSPS) is 11.8. The second kappa shape index (κ2) is 15.7. The molecule has 1 heterocycles. The zero-order chi connectivity index (χ0) is 29.9. The summed E-state index contributed by atoms with van der Waals surface area (Å²) in [5.74, 6) is 0.207. The molecule has 0 saturated heterocycles. The lowest BCUT2D eigenvalue weighted by molar-refractivity contribution is 0.0378. The number of aryl methyl sites for hydroxylation is 3. The largest absolute Gasteiger partial charge is 0.460 e. The van der Waals surface area contributed by atoms with Crippen molar-refractivity contribution in [1.29, 1.82) is 0 Å². The highest BCUT2D eigenvalue weighted by atomic mass is 16.5. The molecule has 0 spiro atoms. The summed E-state index contributed by atoms with van der Waals surface area (Å²) in [6, 6.07) is 9.19. The maximum Gasteiger partial charge on any atom is 0.338 e. The van der Waals surface area contributed by atoms with Crippen molar-refractivity contribution in [3.05, 3.63) is 75.5 Å². The summed E-state index contributed by atoms with van der Waals surface area (Å²) in [5, 5.41) is 0.665. The molecule has 0 bridgehead atoms. The predicted molar refractivity (Wildman–Crippen MR) is 170 cm³/mol. The van der Waals surface area contributed by atoms with Crippen molar-refractivity contribution >= 4 is 28.8 Å². The van der Waals surface area contributed by atoms with Crippen LogP contribution in [0.15, 0.2) is 40.8 Å². The van der Waals surface area contributed by atoms with Gasteiger partial charge in [-0.3, -0.25) is 9.69 Å². The van der Waals surface area contributed by atoms with Crippen LogP contribution in [0.2, 0.25) is 0 Å². The molecule has 0 aliphatic rings. The van der Waals surface area contributed by atoms with Gasteiger partial charge >= 0.3 is 5.97 Å². The van der Waals surface area contributed by atoms with Gasteiger partial charge in [-0.25, -0.2) is 4.79 Å². The number of fused-ring (bicyclic) bond motifs is 1. The molecule has 0 aliphatic heterocycles. The first kappa shape index (κ1) is 32.3. The molecule has 3 aromatic rings. The number of carbonyl (C=O) groups excluding carboxylic acids is 2. The summed E-state index contributed by atoms with van der Waals surface area (Å²) in [5.41, 5.74) is 5.53. The minimum absolute atomic E-state index is 0.0729. The Hall–Kier alpha value is -3.18. The van der Waals surface area contributed by atoms with Gasteiger partial charge in [0.1, 0.15) is 11.3 Å². The monoisotopic (exact) mass is 559 g/mol. The molecule has 2 aromatic carbocycles. The molecule has 0 atom stereocenters. The summed E-state index contributed by atoms with van der Waals surface area (Å²) in [4.78, 5) is 29.3. The highest BCUT2D eigenvalue weighted by Gasteiger charge is 2.24. The first-order valence-corrected chi connectivity index (χ1v) is 15.5. The fourth-order valence-electron chi connectivity index (χ4n) is 5.21. The quantitative estimate of drug-likeness (QED) is 0.129. The fourth-order valence-corrected chi connectivity index (χ4v) is 5.21. The summed E-state index contributed by atoms with van der Waals surface area (Å²) in [7, 11) is 0. The molecule has 0 unspecified atom stereocenters. The van der Waals surface area contributed by atoms with Crippen molar-refractivity contribution in [2.45, 2.75) is 99.5 Å². The molecular formula is C36H49NO4. The van der Waals surface area contributed by atoms with Crippen LogP contribution in [0.1, 0.15) is 122 Å². The number of furan rings is 1. The zero-order valence-electron chi connectivity index (χ0n) is 26.3. The number of nitrogens with zero attached hydrogens (tertiary/aromatic N) is 1. The predicted octanol–water partition coefficient (Wildman–Crippen LogP) is 9.10. The van der Waals surface area contributed by atoms with E-state index in [0.29, 0.717) is 39.8 Å². The fraction of sp³-hybridized carbons (Fsp3) is 0.500. The van der Waals surface area contributed by atoms with Crippen molar-refractivity contribution < 1.29 is 18.7 Å². The van der Waals surface area contributed by atoms with Gasteiger partial charge in [0.15, 0.2) is 5.78 Å². The van der Waals surface area contributed by atoms with E-state index in [2.05, 4.69) is 51.7 Å². The Bertz CT molecular complexity index is 1320. The van der Waals surface area contributed by atoms with Crippen molar-refractivity contribution in [2.75, 3.05) is 19.6 Å². The molecule has 222 valence electrons. The maximum absolute atomic E-state index is 14.1. The van der Waals surface area contributed by atoms with Crippen LogP contribution in [0, 0.1) is 13.8 Å². The third-order valence-electron chi connectivity index (χ3n) is 7.48. The topological polar surface area (TPSA) is 59.8 Å². The number of ether oxygens (including phenoxy) is 1. The Labute approximate surface area is 247 Å². The molecule has 5 nitrogen and oxygen atoms in total. The van der Waals surface area contributed by atoms with Crippen molar-refractivity contribution in [1.82, 2.24) is 4.90 Å². The number of unbranched alkanes of at least 4 members (excludes halogenated alkanes) is 3. The minimum Gasteiger partial charge on any atom is -0.460 e. The highest BCUT2D eigenvalue weighted by Crippen LogP contribution is 2.32. The van der Waals surface area contributed by atoms with Gasteiger partial charge in [0, 0.05) is 23.9 Å². The lowest BCUT2D eigenvalue weighted by Gasteiger charge is -2.20. The van der Waals surface area contributed by atoms with E-state index in [1.165, 1.54) is 25.7 Å². The van der Waals surface area contributed by atoms with Crippen LogP contribution < -0.4 is 0 Å². The van der Waals surface area contributed by atoms with Crippen LogP contribution in [0.4, 0.5) is 0 Å². The van der Waals surface area contributed by atoms with Gasteiger partial charge in [0.05, 0.1) is 17.2 Å². The molecule has 41 heavy (non-hydrogen) atoms. The van der Waals surface area contributed by atoms with Crippen LogP contribution in [0.25, 0.3) is 17.0 Å². The summed E-state index contributed by atoms with van der Waals surface area (Å²) in [6.07, 6.45) is 11.7. The molecule has 5 heteroatoms. The second-order valence-corrected chi connectivity index (χ2v) is 11.4. The van der Waals surface area contributed by atoms with Crippen LogP contribution >= 0.6 is 0 Å². The molecule has 3 rings (SSSR count). The van der Waals surface area contributed by atoms with E-state index < -0.39 is 5.97 Å². The Morgan fingerprint density at radius 2 is 1.54 bits per heavy atom. The van der Waals surface area contributed by atoms with Gasteiger partial charge in [-0.1, -0.05) is 52.2 Å². The van der Waals surface area contributed by atoms with E-state index in [0.717, 1.165) is 49.2 Å². The zero-order valence-corrected chi connectivity index (χ0v) is 26.3. The second-order valence-electron chi connectivity index (χ2n) is 11.4. The molecule has 0 aliphatic carbocycles. The number of benzene rings is 2. The van der Waals surface area contributed by atoms with Gasteiger partial charge in [-0.15, -0.1) is 0 Å².